The van der Waals surface area contributed by atoms with Crippen LogP contribution in [0.3, 0.4) is 0 Å². The van der Waals surface area contributed by atoms with E-state index in [-0.39, 0.29) is 17.9 Å². The van der Waals surface area contributed by atoms with Crippen LogP contribution in [0.25, 0.3) is 0 Å². The van der Waals surface area contributed by atoms with E-state index in [1.165, 1.54) is 0 Å². The zero-order valence-corrected chi connectivity index (χ0v) is 19.0. The standard InChI is InChI=1S/C23H24BrN3O4/c1-30-15-6-8-20(31-2)19(12-15)25-21(28)17-11-14-4-3-9-27(14)23(17)16-10-13(24)5-7-18(16)26-22(23)29/h5-8,10,12,14,17H,3-4,9,11H2,1-2H3,(H,25,28)(H,26,29)/t14-,17-,23+/m0/s1. The van der Waals surface area contributed by atoms with Crippen molar-refractivity contribution in [3.8, 4) is 11.5 Å². The van der Waals surface area contributed by atoms with E-state index < -0.39 is 11.5 Å². The molecule has 0 radical (unpaired) electrons. The van der Waals surface area contributed by atoms with E-state index >= 15 is 0 Å². The van der Waals surface area contributed by atoms with Crippen molar-refractivity contribution in [1.82, 2.24) is 4.90 Å². The highest BCUT2D eigenvalue weighted by Gasteiger charge is 2.65. The lowest BCUT2D eigenvalue weighted by Gasteiger charge is -2.36. The van der Waals surface area contributed by atoms with E-state index in [4.69, 9.17) is 9.47 Å². The fraction of sp³-hybridized carbons (Fsp3) is 0.391. The monoisotopic (exact) mass is 485 g/mol. The number of benzene rings is 2. The third-order valence-corrected chi connectivity index (χ3v) is 7.30. The van der Waals surface area contributed by atoms with Gasteiger partial charge in [-0.05, 0) is 56.1 Å². The number of anilines is 2. The van der Waals surface area contributed by atoms with E-state index in [0.29, 0.717) is 23.6 Å². The van der Waals surface area contributed by atoms with Crippen LogP contribution in [0.1, 0.15) is 24.8 Å². The summed E-state index contributed by atoms with van der Waals surface area (Å²) in [5.41, 5.74) is 1.17. The molecule has 0 unspecified atom stereocenters. The molecule has 2 saturated heterocycles. The van der Waals surface area contributed by atoms with E-state index in [9.17, 15) is 9.59 Å². The fourth-order valence-corrected chi connectivity index (χ4v) is 5.89. The Kier molecular flexibility index (Phi) is 4.94. The van der Waals surface area contributed by atoms with Crippen molar-refractivity contribution >= 4 is 39.1 Å². The molecule has 2 fully saturated rings. The number of methoxy groups -OCH3 is 2. The molecule has 3 aliphatic rings. The van der Waals surface area contributed by atoms with Crippen molar-refractivity contribution < 1.29 is 19.1 Å². The summed E-state index contributed by atoms with van der Waals surface area (Å²) in [5.74, 6) is 0.322. The van der Waals surface area contributed by atoms with Crippen LogP contribution in [0.2, 0.25) is 0 Å². The Morgan fingerprint density at radius 3 is 2.84 bits per heavy atom. The summed E-state index contributed by atoms with van der Waals surface area (Å²) >= 11 is 3.54. The fourth-order valence-electron chi connectivity index (χ4n) is 5.53. The van der Waals surface area contributed by atoms with E-state index in [1.54, 1.807) is 32.4 Å². The van der Waals surface area contributed by atoms with Crippen LogP contribution in [-0.4, -0.2) is 43.5 Å². The van der Waals surface area contributed by atoms with E-state index in [1.807, 2.05) is 18.2 Å². The second kappa shape index (κ2) is 7.53. The first-order valence-corrected chi connectivity index (χ1v) is 11.2. The van der Waals surface area contributed by atoms with Crippen LogP contribution in [0.5, 0.6) is 11.5 Å². The smallest absolute Gasteiger partial charge is 0.250 e. The molecule has 3 heterocycles. The summed E-state index contributed by atoms with van der Waals surface area (Å²) in [6.07, 6.45) is 2.66. The molecule has 0 aromatic heterocycles. The van der Waals surface area contributed by atoms with Gasteiger partial charge in [-0.25, -0.2) is 0 Å². The van der Waals surface area contributed by atoms with Gasteiger partial charge >= 0.3 is 0 Å². The number of rotatable bonds is 4. The van der Waals surface area contributed by atoms with Gasteiger partial charge in [-0.3, -0.25) is 14.5 Å². The van der Waals surface area contributed by atoms with E-state index in [2.05, 4.69) is 31.5 Å². The lowest BCUT2D eigenvalue weighted by atomic mass is 9.78. The quantitative estimate of drug-likeness (QED) is 0.689. The first-order valence-electron chi connectivity index (χ1n) is 10.4. The van der Waals surface area contributed by atoms with Crippen molar-refractivity contribution in [3.63, 3.8) is 0 Å². The Labute approximate surface area is 189 Å². The summed E-state index contributed by atoms with van der Waals surface area (Å²) in [7, 11) is 3.13. The highest BCUT2D eigenvalue weighted by atomic mass is 79.9. The number of nitrogens with one attached hydrogen (secondary N) is 2. The molecule has 0 saturated carbocycles. The maximum Gasteiger partial charge on any atom is 0.250 e. The van der Waals surface area contributed by atoms with Crippen LogP contribution in [0, 0.1) is 5.92 Å². The van der Waals surface area contributed by atoms with Crippen molar-refractivity contribution in [2.45, 2.75) is 30.8 Å². The zero-order chi connectivity index (χ0) is 21.8. The Hall–Kier alpha value is -2.58. The number of carbonyl (C=O) groups excluding carboxylic acids is 2. The molecule has 2 aromatic rings. The molecule has 7 nitrogen and oxygen atoms in total. The molecular formula is C23H24BrN3O4. The minimum absolute atomic E-state index is 0.122. The van der Waals surface area contributed by atoms with Crippen LogP contribution < -0.4 is 20.1 Å². The molecule has 1 spiro atoms. The molecule has 2 amide bonds. The lowest BCUT2D eigenvalue weighted by Crippen LogP contribution is -2.53. The van der Waals surface area contributed by atoms with Gasteiger partial charge in [-0.2, -0.15) is 0 Å². The van der Waals surface area contributed by atoms with Crippen molar-refractivity contribution in [2.75, 3.05) is 31.4 Å². The Balaban J connectivity index is 1.57. The molecule has 0 bridgehead atoms. The van der Waals surface area contributed by atoms with Gasteiger partial charge in [0, 0.05) is 27.8 Å². The second-order valence-electron chi connectivity index (χ2n) is 8.24. The summed E-state index contributed by atoms with van der Waals surface area (Å²) in [6, 6.07) is 11.3. The number of hydrogen-bond acceptors (Lipinski definition) is 5. The Bertz CT molecular complexity index is 1070. The first kappa shape index (κ1) is 20.3. The summed E-state index contributed by atoms with van der Waals surface area (Å²) < 4.78 is 11.6. The van der Waals surface area contributed by atoms with Crippen molar-refractivity contribution in [2.24, 2.45) is 5.92 Å². The summed E-state index contributed by atoms with van der Waals surface area (Å²) in [6.45, 7) is 0.802. The number of hydrogen-bond donors (Lipinski definition) is 2. The Morgan fingerprint density at radius 2 is 2.06 bits per heavy atom. The molecule has 162 valence electrons. The van der Waals surface area contributed by atoms with Crippen LogP contribution >= 0.6 is 15.9 Å². The maximum absolute atomic E-state index is 13.7. The van der Waals surface area contributed by atoms with Crippen molar-refractivity contribution in [1.29, 1.82) is 0 Å². The lowest BCUT2D eigenvalue weighted by molar-refractivity contribution is -0.135. The molecule has 5 rings (SSSR count). The number of ether oxygens (including phenoxy) is 2. The number of fused-ring (bicyclic) bond motifs is 4. The third kappa shape index (κ3) is 2.96. The van der Waals surface area contributed by atoms with Gasteiger partial charge in [0.25, 0.3) is 0 Å². The third-order valence-electron chi connectivity index (χ3n) is 6.81. The SMILES string of the molecule is COc1ccc(OC)c(NC(=O)[C@@H]2C[C@@H]3CCCN3[C@@]23C(=O)Nc2ccc(Br)cc23)c1. The topological polar surface area (TPSA) is 79.9 Å². The minimum atomic E-state index is -1.00. The van der Waals surface area contributed by atoms with Crippen molar-refractivity contribution in [3.05, 3.63) is 46.4 Å². The average Bonchev–Trinajstić information content (AvgIpc) is 3.42. The van der Waals surface area contributed by atoms with Crippen LogP contribution in [-0.2, 0) is 15.1 Å². The number of halogens is 1. The molecule has 2 aromatic carbocycles. The van der Waals surface area contributed by atoms with Gasteiger partial charge in [-0.15, -0.1) is 0 Å². The van der Waals surface area contributed by atoms with Crippen LogP contribution in [0.4, 0.5) is 11.4 Å². The molecule has 2 N–H and O–H groups in total. The van der Waals surface area contributed by atoms with Crippen LogP contribution in [0.15, 0.2) is 40.9 Å². The minimum Gasteiger partial charge on any atom is -0.497 e. The molecule has 0 aliphatic carbocycles. The number of nitrogens with zero attached hydrogens (tertiary/aromatic N) is 1. The van der Waals surface area contributed by atoms with Gasteiger partial charge < -0.3 is 20.1 Å². The summed E-state index contributed by atoms with van der Waals surface area (Å²) in [5, 5.41) is 6.06. The average molecular weight is 486 g/mol. The van der Waals surface area contributed by atoms with Gasteiger partial charge in [0.05, 0.1) is 25.8 Å². The summed E-state index contributed by atoms with van der Waals surface area (Å²) in [4.78, 5) is 29.4. The largest absolute Gasteiger partial charge is 0.497 e. The highest BCUT2D eigenvalue weighted by molar-refractivity contribution is 9.10. The molecule has 3 atom stereocenters. The maximum atomic E-state index is 13.7. The van der Waals surface area contributed by atoms with Gasteiger partial charge in [0.15, 0.2) is 0 Å². The van der Waals surface area contributed by atoms with Gasteiger partial charge in [-0.1, -0.05) is 15.9 Å². The van der Waals surface area contributed by atoms with E-state index in [0.717, 1.165) is 35.1 Å². The Morgan fingerprint density at radius 1 is 1.23 bits per heavy atom. The predicted molar refractivity (Wildman–Crippen MR) is 120 cm³/mol. The number of carbonyl (C=O) groups is 2. The number of amides is 2. The van der Waals surface area contributed by atoms with Gasteiger partial charge in [0.2, 0.25) is 11.8 Å². The first-order chi connectivity index (χ1) is 15.0. The zero-order valence-electron chi connectivity index (χ0n) is 17.4. The van der Waals surface area contributed by atoms with Gasteiger partial charge in [0.1, 0.15) is 17.0 Å². The normalized spacial score (nSPS) is 26.5. The molecule has 3 aliphatic heterocycles. The molecule has 8 heteroatoms. The molecule has 31 heavy (non-hydrogen) atoms. The second-order valence-corrected chi connectivity index (χ2v) is 9.16. The highest BCUT2D eigenvalue weighted by Crippen LogP contribution is 2.56. The molecular weight excluding hydrogens is 462 g/mol. The predicted octanol–water partition coefficient (Wildman–Crippen LogP) is 3.74.